The van der Waals surface area contributed by atoms with E-state index in [0.29, 0.717) is 5.92 Å². The van der Waals surface area contributed by atoms with Gasteiger partial charge in [-0.25, -0.2) is 0 Å². The summed E-state index contributed by atoms with van der Waals surface area (Å²) in [7, 11) is 0. The van der Waals surface area contributed by atoms with Gasteiger partial charge in [0, 0.05) is 50.3 Å². The molecule has 0 N–H and O–H groups in total. The highest BCUT2D eigenvalue weighted by Gasteiger charge is 2.45. The molecule has 0 unspecified atom stereocenters. The molecule has 1 aromatic heterocycles. The fraction of sp³-hybridized carbons (Fsp3) is 0.224. The Labute approximate surface area is 426 Å². The van der Waals surface area contributed by atoms with Crippen LogP contribution < -0.4 is 31.1 Å². The summed E-state index contributed by atoms with van der Waals surface area (Å²) >= 11 is 0. The summed E-state index contributed by atoms with van der Waals surface area (Å²) in [6, 6.07) is 68.6. The van der Waals surface area contributed by atoms with E-state index in [9.17, 15) is 0 Å². The number of nitrogens with zero attached hydrogens (tertiary/aromatic N) is 3. The third-order valence-corrected chi connectivity index (χ3v) is 15.5. The molecule has 0 saturated carbocycles. The summed E-state index contributed by atoms with van der Waals surface area (Å²) < 4.78 is 7.17. The molecular formula is C67H64BN3O. The Morgan fingerprint density at radius 3 is 1.60 bits per heavy atom. The van der Waals surface area contributed by atoms with E-state index in [2.05, 4.69) is 273 Å². The number of furan rings is 1. The van der Waals surface area contributed by atoms with Crippen molar-refractivity contribution in [3.63, 3.8) is 0 Å². The second-order valence-corrected chi connectivity index (χ2v) is 23.6. The van der Waals surface area contributed by atoms with Gasteiger partial charge in [-0.2, -0.15) is 0 Å². The number of hydrogen-bond donors (Lipinski definition) is 0. The molecule has 2 aliphatic rings. The van der Waals surface area contributed by atoms with E-state index in [1.165, 1.54) is 60.8 Å². The molecule has 356 valence electrons. The summed E-state index contributed by atoms with van der Waals surface area (Å²) in [5, 5.41) is 4.66. The van der Waals surface area contributed by atoms with Gasteiger partial charge in [-0.1, -0.05) is 197 Å². The number of para-hydroxylation sites is 3. The maximum absolute atomic E-state index is 7.17. The normalized spacial score (nSPS) is 13.5. The predicted molar refractivity (Wildman–Crippen MR) is 310 cm³/mol. The Kier molecular flexibility index (Phi) is 10.5. The van der Waals surface area contributed by atoms with Gasteiger partial charge < -0.3 is 19.1 Å². The number of hydrogen-bond acceptors (Lipinski definition) is 4. The lowest BCUT2D eigenvalue weighted by molar-refractivity contribution is 0.590. The minimum atomic E-state index is -0.0678. The molecule has 2 aliphatic heterocycles. The van der Waals surface area contributed by atoms with Crippen molar-refractivity contribution in [2.45, 2.75) is 98.3 Å². The van der Waals surface area contributed by atoms with Gasteiger partial charge in [0.1, 0.15) is 5.58 Å². The molecule has 12 rings (SSSR count). The van der Waals surface area contributed by atoms with Gasteiger partial charge in [-0.15, -0.1) is 0 Å². The van der Waals surface area contributed by atoms with Crippen LogP contribution in [-0.4, -0.2) is 6.71 Å². The predicted octanol–water partition coefficient (Wildman–Crippen LogP) is 17.3. The molecule has 10 aromatic rings. The monoisotopic (exact) mass is 938 g/mol. The minimum absolute atomic E-state index is 0.00133. The zero-order valence-electron chi connectivity index (χ0n) is 43.7. The van der Waals surface area contributed by atoms with Gasteiger partial charge in [0.05, 0.1) is 17.1 Å². The maximum Gasteiger partial charge on any atom is 0.252 e. The van der Waals surface area contributed by atoms with E-state index in [1.54, 1.807) is 0 Å². The van der Waals surface area contributed by atoms with E-state index < -0.39 is 0 Å². The van der Waals surface area contributed by atoms with Crippen molar-refractivity contribution < 1.29 is 4.42 Å². The molecule has 0 atom stereocenters. The maximum atomic E-state index is 7.17. The summed E-state index contributed by atoms with van der Waals surface area (Å²) in [4.78, 5) is 7.58. The van der Waals surface area contributed by atoms with E-state index >= 15 is 0 Å². The molecular weight excluding hydrogens is 874 g/mol. The largest absolute Gasteiger partial charge is 0.454 e. The van der Waals surface area contributed by atoms with Crippen molar-refractivity contribution in [3.8, 4) is 0 Å². The van der Waals surface area contributed by atoms with Crippen LogP contribution in [0.15, 0.2) is 186 Å². The van der Waals surface area contributed by atoms with Crippen molar-refractivity contribution in [2.24, 2.45) is 0 Å². The molecule has 0 aliphatic carbocycles. The first kappa shape index (κ1) is 45.6. The molecule has 72 heavy (non-hydrogen) atoms. The smallest absolute Gasteiger partial charge is 0.252 e. The van der Waals surface area contributed by atoms with Gasteiger partial charge in [0.2, 0.25) is 0 Å². The Balaban J connectivity index is 1.24. The van der Waals surface area contributed by atoms with Gasteiger partial charge in [-0.3, -0.25) is 0 Å². The standard InChI is InChI=1S/C67H64BN3O/c1-42(2)50-25-18-26-52-53-27-19-29-59(64(53)72-63(50)52)69(47-22-13-12-14-23-47)49-40-60-62-61(41-49)71(56-28-17-21-43-20-15-16-24-51(43)56)58-37-33-46(67(9,10)11)39-55(58)68(62)54-38-45(66(6,7)8)32-36-57(54)70(60)48-34-30-44(31-35-48)65(3,4)5/h12-42H,1-11H3. The van der Waals surface area contributed by atoms with Crippen molar-refractivity contribution in [2.75, 3.05) is 14.7 Å². The van der Waals surface area contributed by atoms with Crippen LogP contribution in [0.3, 0.4) is 0 Å². The molecule has 0 saturated heterocycles. The fourth-order valence-electron chi connectivity index (χ4n) is 11.6. The third kappa shape index (κ3) is 7.34. The number of anilines is 9. The number of rotatable bonds is 6. The van der Waals surface area contributed by atoms with Gasteiger partial charge >= 0.3 is 0 Å². The van der Waals surface area contributed by atoms with Crippen LogP contribution in [0.4, 0.5) is 51.2 Å². The van der Waals surface area contributed by atoms with Crippen molar-refractivity contribution in [1.82, 2.24) is 0 Å². The minimum Gasteiger partial charge on any atom is -0.454 e. The van der Waals surface area contributed by atoms with E-state index in [-0.39, 0.29) is 23.0 Å². The zero-order chi connectivity index (χ0) is 50.0. The first-order valence-corrected chi connectivity index (χ1v) is 25.9. The van der Waals surface area contributed by atoms with Crippen molar-refractivity contribution in [3.05, 3.63) is 204 Å². The van der Waals surface area contributed by atoms with Crippen LogP contribution in [0.25, 0.3) is 32.7 Å². The second kappa shape index (κ2) is 16.5. The average Bonchev–Trinajstić information content (AvgIpc) is 3.75. The molecule has 0 radical (unpaired) electrons. The third-order valence-electron chi connectivity index (χ3n) is 15.5. The summed E-state index contributed by atoms with van der Waals surface area (Å²) in [5.74, 6) is 0.304. The molecule has 0 bridgehead atoms. The lowest BCUT2D eigenvalue weighted by Crippen LogP contribution is -2.61. The Morgan fingerprint density at radius 1 is 0.431 bits per heavy atom. The van der Waals surface area contributed by atoms with Crippen LogP contribution in [0.1, 0.15) is 104 Å². The second-order valence-electron chi connectivity index (χ2n) is 23.6. The SMILES string of the molecule is CC(C)c1cccc2c1oc1c(N(c3ccccc3)c3cc4c5c(c3)N(c3cccc6ccccc36)c3ccc(C(C)(C)C)cc3B5c3cc(C(C)(C)C)ccc3N4c3ccc(C(C)(C)C)cc3)cccc12. The summed E-state index contributed by atoms with van der Waals surface area (Å²) in [6.45, 7) is 25.4. The van der Waals surface area contributed by atoms with Crippen molar-refractivity contribution >= 4 is 107 Å². The molecule has 9 aromatic carbocycles. The lowest BCUT2D eigenvalue weighted by atomic mass is 9.33. The Bertz CT molecular complexity index is 3750. The van der Waals surface area contributed by atoms with Crippen LogP contribution in [-0.2, 0) is 16.2 Å². The Morgan fingerprint density at radius 2 is 0.958 bits per heavy atom. The summed E-state index contributed by atoms with van der Waals surface area (Å²) in [5.41, 5.74) is 20.9. The van der Waals surface area contributed by atoms with E-state index in [4.69, 9.17) is 4.42 Å². The fourth-order valence-corrected chi connectivity index (χ4v) is 11.6. The topological polar surface area (TPSA) is 22.9 Å². The first-order chi connectivity index (χ1) is 34.5. The van der Waals surface area contributed by atoms with Crippen molar-refractivity contribution in [1.29, 1.82) is 0 Å². The lowest BCUT2D eigenvalue weighted by Gasteiger charge is -2.46. The van der Waals surface area contributed by atoms with Crippen LogP contribution in [0, 0.1) is 0 Å². The quantitative estimate of drug-likeness (QED) is 0.155. The Hall–Kier alpha value is -7.50. The molecule has 0 spiro atoms. The first-order valence-electron chi connectivity index (χ1n) is 25.9. The highest BCUT2D eigenvalue weighted by Crippen LogP contribution is 2.51. The van der Waals surface area contributed by atoms with E-state index in [0.717, 1.165) is 61.8 Å². The molecule has 3 heterocycles. The zero-order valence-corrected chi connectivity index (χ0v) is 43.7. The highest BCUT2D eigenvalue weighted by atomic mass is 16.3. The summed E-state index contributed by atoms with van der Waals surface area (Å²) in [6.07, 6.45) is 0. The highest BCUT2D eigenvalue weighted by molar-refractivity contribution is 7.00. The van der Waals surface area contributed by atoms with Gasteiger partial charge in [0.25, 0.3) is 6.71 Å². The number of benzene rings is 9. The van der Waals surface area contributed by atoms with Crippen LogP contribution in [0.5, 0.6) is 0 Å². The van der Waals surface area contributed by atoms with Crippen LogP contribution in [0.2, 0.25) is 0 Å². The van der Waals surface area contributed by atoms with Gasteiger partial charge in [-0.05, 0) is 127 Å². The molecule has 0 fully saturated rings. The molecule has 5 heteroatoms. The number of fused-ring (bicyclic) bond motifs is 8. The molecule has 0 amide bonds. The van der Waals surface area contributed by atoms with E-state index in [1.807, 2.05) is 0 Å². The van der Waals surface area contributed by atoms with Gasteiger partial charge in [0.15, 0.2) is 5.58 Å². The molecule has 4 nitrogen and oxygen atoms in total. The average molecular weight is 938 g/mol. The van der Waals surface area contributed by atoms with Crippen LogP contribution >= 0.6 is 0 Å².